The molecule has 110 valence electrons. The van der Waals surface area contributed by atoms with Crippen molar-refractivity contribution in [2.45, 2.75) is 20.8 Å². The van der Waals surface area contributed by atoms with Crippen LogP contribution in [0.1, 0.15) is 20.8 Å². The van der Waals surface area contributed by atoms with Crippen LogP contribution in [-0.4, -0.2) is 18.5 Å². The number of amides is 1. The van der Waals surface area contributed by atoms with Crippen LogP contribution in [0.15, 0.2) is 12.1 Å². The fourth-order valence-electron chi connectivity index (χ4n) is 1.15. The Balaban J connectivity index is 2.64. The second-order valence-electron chi connectivity index (χ2n) is 5.12. The zero-order chi connectivity index (χ0) is 15.5. The van der Waals surface area contributed by atoms with Crippen LogP contribution in [-0.2, 0) is 14.3 Å². The zero-order valence-corrected chi connectivity index (χ0v) is 13.5. The number of hydrogen-bond acceptors (Lipinski definition) is 3. The molecule has 1 amide bonds. The van der Waals surface area contributed by atoms with Gasteiger partial charge in [0.15, 0.2) is 6.61 Å². The molecular weight excluding hydrogens is 325 g/mol. The highest BCUT2D eigenvalue weighted by Gasteiger charge is 2.23. The van der Waals surface area contributed by atoms with Gasteiger partial charge in [-0.2, -0.15) is 0 Å². The number of ether oxygens (including phenoxy) is 1. The van der Waals surface area contributed by atoms with E-state index in [1.165, 1.54) is 12.1 Å². The van der Waals surface area contributed by atoms with Crippen molar-refractivity contribution in [1.29, 1.82) is 0 Å². The first-order valence-corrected chi connectivity index (χ1v) is 6.86. The summed E-state index contributed by atoms with van der Waals surface area (Å²) in [7, 11) is 0. The summed E-state index contributed by atoms with van der Waals surface area (Å²) < 4.78 is 4.88. The molecule has 0 unspecified atom stereocenters. The Morgan fingerprint density at radius 3 is 2.20 bits per heavy atom. The van der Waals surface area contributed by atoms with Crippen molar-refractivity contribution in [3.8, 4) is 0 Å². The highest BCUT2D eigenvalue weighted by molar-refractivity contribution is 6.44. The average molecular weight is 339 g/mol. The quantitative estimate of drug-likeness (QED) is 0.664. The molecule has 0 fully saturated rings. The standard InChI is InChI=1S/C13H14Cl3NO3/c1-13(2,3)12(19)20-6-11(18)17-10-5-8(15)7(14)4-9(10)16/h4-5H,6H2,1-3H3,(H,17,18). The Morgan fingerprint density at radius 1 is 1.10 bits per heavy atom. The molecule has 0 aromatic heterocycles. The van der Waals surface area contributed by atoms with Gasteiger partial charge < -0.3 is 10.1 Å². The van der Waals surface area contributed by atoms with Crippen molar-refractivity contribution >= 4 is 52.4 Å². The summed E-state index contributed by atoms with van der Waals surface area (Å²) >= 11 is 17.5. The molecule has 0 aliphatic rings. The molecule has 0 aliphatic heterocycles. The summed E-state index contributed by atoms with van der Waals surface area (Å²) in [4.78, 5) is 23.2. The second-order valence-corrected chi connectivity index (χ2v) is 6.34. The van der Waals surface area contributed by atoms with Gasteiger partial charge in [0.05, 0.1) is 26.2 Å². The minimum Gasteiger partial charge on any atom is -0.455 e. The lowest BCUT2D eigenvalue weighted by Crippen LogP contribution is -2.28. The predicted molar refractivity (Wildman–Crippen MR) is 80.5 cm³/mol. The molecule has 1 aromatic rings. The fraction of sp³-hybridized carbons (Fsp3) is 0.385. The number of nitrogens with one attached hydrogen (secondary N) is 1. The van der Waals surface area contributed by atoms with Crippen molar-refractivity contribution in [2.24, 2.45) is 5.41 Å². The number of hydrogen-bond donors (Lipinski definition) is 1. The number of rotatable bonds is 3. The minimum absolute atomic E-state index is 0.245. The molecule has 0 heterocycles. The van der Waals surface area contributed by atoms with Crippen LogP contribution in [0.2, 0.25) is 15.1 Å². The maximum absolute atomic E-state index is 11.7. The van der Waals surface area contributed by atoms with E-state index >= 15 is 0 Å². The Bertz CT molecular complexity index is 538. The van der Waals surface area contributed by atoms with Gasteiger partial charge in [-0.25, -0.2) is 0 Å². The van der Waals surface area contributed by atoms with E-state index < -0.39 is 23.9 Å². The maximum Gasteiger partial charge on any atom is 0.311 e. The van der Waals surface area contributed by atoms with Gasteiger partial charge in [-0.15, -0.1) is 0 Å². The topological polar surface area (TPSA) is 55.4 Å². The van der Waals surface area contributed by atoms with E-state index in [1.54, 1.807) is 20.8 Å². The largest absolute Gasteiger partial charge is 0.455 e. The van der Waals surface area contributed by atoms with E-state index in [0.717, 1.165) is 0 Å². The highest BCUT2D eigenvalue weighted by Crippen LogP contribution is 2.32. The second kappa shape index (κ2) is 6.66. The zero-order valence-electron chi connectivity index (χ0n) is 11.2. The average Bonchev–Trinajstić information content (AvgIpc) is 2.31. The molecule has 7 heteroatoms. The van der Waals surface area contributed by atoms with Crippen LogP contribution >= 0.6 is 34.8 Å². The number of carbonyl (C=O) groups excluding carboxylic acids is 2. The number of anilines is 1. The van der Waals surface area contributed by atoms with Gasteiger partial charge in [-0.3, -0.25) is 9.59 Å². The third-order valence-electron chi connectivity index (χ3n) is 2.23. The monoisotopic (exact) mass is 337 g/mol. The molecule has 0 atom stereocenters. The van der Waals surface area contributed by atoms with Crippen molar-refractivity contribution in [3.05, 3.63) is 27.2 Å². The fourth-order valence-corrected chi connectivity index (χ4v) is 1.75. The molecule has 0 spiro atoms. The first-order valence-electron chi connectivity index (χ1n) is 5.73. The molecule has 0 radical (unpaired) electrons. The molecule has 0 bridgehead atoms. The number of carbonyl (C=O) groups is 2. The minimum atomic E-state index is -0.665. The summed E-state index contributed by atoms with van der Waals surface area (Å²) in [5.74, 6) is -0.976. The maximum atomic E-state index is 11.7. The lowest BCUT2D eigenvalue weighted by atomic mass is 9.97. The summed E-state index contributed by atoms with van der Waals surface area (Å²) in [5.41, 5.74) is -0.362. The van der Waals surface area contributed by atoms with Crippen molar-refractivity contribution in [1.82, 2.24) is 0 Å². The first kappa shape index (κ1) is 17.1. The van der Waals surface area contributed by atoms with Gasteiger partial charge in [0.2, 0.25) is 0 Å². The Labute approximate surface area is 132 Å². The van der Waals surface area contributed by atoms with Crippen molar-refractivity contribution < 1.29 is 14.3 Å². The molecular formula is C13H14Cl3NO3. The van der Waals surface area contributed by atoms with E-state index in [0.29, 0.717) is 5.69 Å². The van der Waals surface area contributed by atoms with Crippen LogP contribution in [0.4, 0.5) is 5.69 Å². The van der Waals surface area contributed by atoms with E-state index in [9.17, 15) is 9.59 Å². The normalized spacial score (nSPS) is 11.1. The molecule has 1 rings (SSSR count). The van der Waals surface area contributed by atoms with Gasteiger partial charge in [-0.1, -0.05) is 34.8 Å². The summed E-state index contributed by atoms with van der Waals surface area (Å²) in [6, 6.07) is 2.85. The molecule has 20 heavy (non-hydrogen) atoms. The third-order valence-corrected chi connectivity index (χ3v) is 3.27. The van der Waals surface area contributed by atoms with Gasteiger partial charge >= 0.3 is 5.97 Å². The molecule has 0 saturated carbocycles. The predicted octanol–water partition coefficient (Wildman–Crippen LogP) is 4.17. The van der Waals surface area contributed by atoms with Crippen LogP contribution in [0.3, 0.4) is 0 Å². The van der Waals surface area contributed by atoms with Crippen molar-refractivity contribution in [2.75, 3.05) is 11.9 Å². The summed E-state index contributed by atoms with van der Waals surface area (Å²) in [6.07, 6.45) is 0. The highest BCUT2D eigenvalue weighted by atomic mass is 35.5. The number of esters is 1. The molecule has 1 aromatic carbocycles. The van der Waals surface area contributed by atoms with Crippen LogP contribution < -0.4 is 5.32 Å². The first-order chi connectivity index (χ1) is 9.11. The van der Waals surface area contributed by atoms with Gasteiger partial charge in [-0.05, 0) is 32.9 Å². The lowest BCUT2D eigenvalue weighted by molar-refractivity contribution is -0.155. The Kier molecular flexibility index (Phi) is 5.68. The lowest BCUT2D eigenvalue weighted by Gasteiger charge is -2.16. The number of benzene rings is 1. The Morgan fingerprint density at radius 2 is 1.65 bits per heavy atom. The van der Waals surface area contributed by atoms with Gasteiger partial charge in [0.25, 0.3) is 5.91 Å². The van der Waals surface area contributed by atoms with E-state index in [1.807, 2.05) is 0 Å². The Hall–Kier alpha value is -0.970. The smallest absolute Gasteiger partial charge is 0.311 e. The SMILES string of the molecule is CC(C)(C)C(=O)OCC(=O)Nc1cc(Cl)c(Cl)cc1Cl. The van der Waals surface area contributed by atoms with E-state index in [4.69, 9.17) is 39.5 Å². The molecule has 1 N–H and O–H groups in total. The summed E-state index contributed by atoms with van der Waals surface area (Å²) in [5, 5.41) is 3.29. The van der Waals surface area contributed by atoms with E-state index in [-0.39, 0.29) is 15.1 Å². The molecule has 0 aliphatic carbocycles. The van der Waals surface area contributed by atoms with Gasteiger partial charge in [0.1, 0.15) is 0 Å². The van der Waals surface area contributed by atoms with Crippen LogP contribution in [0.5, 0.6) is 0 Å². The van der Waals surface area contributed by atoms with Gasteiger partial charge in [0, 0.05) is 0 Å². The van der Waals surface area contributed by atoms with Crippen LogP contribution in [0.25, 0.3) is 0 Å². The van der Waals surface area contributed by atoms with Crippen LogP contribution in [0, 0.1) is 5.41 Å². The summed E-state index contributed by atoms with van der Waals surface area (Å²) in [6.45, 7) is 4.70. The van der Waals surface area contributed by atoms with Crippen molar-refractivity contribution in [3.63, 3.8) is 0 Å². The van der Waals surface area contributed by atoms with E-state index in [2.05, 4.69) is 5.32 Å². The number of halogens is 3. The molecule has 0 saturated heterocycles. The molecule has 4 nitrogen and oxygen atoms in total. The third kappa shape index (κ3) is 4.85.